The van der Waals surface area contributed by atoms with Crippen LogP contribution in [0.2, 0.25) is 0 Å². The predicted molar refractivity (Wildman–Crippen MR) is 135 cm³/mol. The number of benzene rings is 1. The third kappa shape index (κ3) is 6.43. The lowest BCUT2D eigenvalue weighted by molar-refractivity contribution is 0.211. The minimum atomic E-state index is -0.299. The molecule has 182 valence electrons. The van der Waals surface area contributed by atoms with Crippen molar-refractivity contribution in [1.82, 2.24) is 30.1 Å². The van der Waals surface area contributed by atoms with Gasteiger partial charge in [0.2, 0.25) is 0 Å². The maximum Gasteiger partial charge on any atom is 0.354 e. The molecule has 4 rings (SSSR count). The number of guanidine groups is 1. The van der Waals surface area contributed by atoms with Crippen LogP contribution in [0.4, 0.5) is 0 Å². The minimum absolute atomic E-state index is 0.00275. The van der Waals surface area contributed by atoms with Crippen molar-refractivity contribution in [1.29, 1.82) is 5.41 Å². The topological polar surface area (TPSA) is 154 Å². The summed E-state index contributed by atoms with van der Waals surface area (Å²) in [4.78, 5) is 22.6. The number of piperidine rings is 1. The number of nitrogens with zero attached hydrogens (tertiary/aromatic N) is 3. The molecule has 2 aromatic heterocycles. The first-order valence-corrected chi connectivity index (χ1v) is 11.9. The van der Waals surface area contributed by atoms with E-state index in [0.29, 0.717) is 12.2 Å². The Kier molecular flexibility index (Phi) is 7.94. The van der Waals surface area contributed by atoms with E-state index in [2.05, 4.69) is 31.6 Å². The molecule has 1 aliphatic rings. The van der Waals surface area contributed by atoms with Crippen molar-refractivity contribution >= 4 is 17.0 Å². The van der Waals surface area contributed by atoms with Crippen LogP contribution in [0.15, 0.2) is 41.3 Å². The molecule has 1 fully saturated rings. The second-order valence-electron chi connectivity index (χ2n) is 8.98. The Morgan fingerprint density at radius 3 is 2.85 bits per heavy atom. The molecule has 10 heteroatoms. The largest absolute Gasteiger partial charge is 0.370 e. The van der Waals surface area contributed by atoms with Crippen molar-refractivity contribution in [2.45, 2.75) is 38.3 Å². The first kappa shape index (κ1) is 23.9. The monoisotopic (exact) mass is 465 g/mol. The molecule has 34 heavy (non-hydrogen) atoms. The number of aromatic nitrogens is 3. The van der Waals surface area contributed by atoms with E-state index in [4.69, 9.17) is 16.9 Å². The first-order valence-electron chi connectivity index (χ1n) is 11.9. The fraction of sp³-hybridized carbons (Fsp3) is 0.458. The van der Waals surface area contributed by atoms with Gasteiger partial charge in [-0.25, -0.2) is 4.79 Å². The summed E-state index contributed by atoms with van der Waals surface area (Å²) in [5, 5.41) is 14.2. The summed E-state index contributed by atoms with van der Waals surface area (Å²) in [5.41, 5.74) is 14.7. The van der Waals surface area contributed by atoms with Crippen molar-refractivity contribution in [2.24, 2.45) is 11.5 Å². The highest BCUT2D eigenvalue weighted by molar-refractivity contribution is 5.75. The highest BCUT2D eigenvalue weighted by Crippen LogP contribution is 2.16. The van der Waals surface area contributed by atoms with Gasteiger partial charge >= 0.3 is 5.69 Å². The van der Waals surface area contributed by atoms with Crippen LogP contribution in [0.3, 0.4) is 0 Å². The van der Waals surface area contributed by atoms with Gasteiger partial charge in [0.1, 0.15) is 5.65 Å². The van der Waals surface area contributed by atoms with E-state index >= 15 is 0 Å². The van der Waals surface area contributed by atoms with E-state index in [1.54, 1.807) is 4.57 Å². The molecular weight excluding hydrogens is 430 g/mol. The fourth-order valence-corrected chi connectivity index (χ4v) is 4.39. The minimum Gasteiger partial charge on any atom is -0.370 e. The lowest BCUT2D eigenvalue weighted by Gasteiger charge is -2.30. The summed E-state index contributed by atoms with van der Waals surface area (Å²) in [7, 11) is 0. The molecule has 3 aromatic rings. The van der Waals surface area contributed by atoms with Crippen molar-refractivity contribution in [2.75, 3.05) is 32.7 Å². The number of hydrogen-bond donors (Lipinski definition) is 6. The number of nitrogens with two attached hydrogens (primary N) is 2. The molecule has 0 aliphatic carbocycles. The third-order valence-corrected chi connectivity index (χ3v) is 6.19. The van der Waals surface area contributed by atoms with Gasteiger partial charge in [0.05, 0.1) is 5.69 Å². The maximum absolute atomic E-state index is 12.7. The van der Waals surface area contributed by atoms with Gasteiger partial charge in [0.15, 0.2) is 5.96 Å². The van der Waals surface area contributed by atoms with Crippen LogP contribution in [-0.4, -0.2) is 64.2 Å². The van der Waals surface area contributed by atoms with E-state index in [1.807, 2.05) is 30.5 Å². The molecule has 0 saturated carbocycles. The Labute approximate surface area is 199 Å². The van der Waals surface area contributed by atoms with Gasteiger partial charge in [-0.05, 0) is 56.1 Å². The lowest BCUT2D eigenvalue weighted by atomic mass is 10.1. The Balaban J connectivity index is 1.35. The average Bonchev–Trinajstić information content (AvgIpc) is 3.21. The van der Waals surface area contributed by atoms with E-state index in [9.17, 15) is 4.79 Å². The highest BCUT2D eigenvalue weighted by Gasteiger charge is 2.16. The van der Waals surface area contributed by atoms with Gasteiger partial charge in [0, 0.05) is 55.9 Å². The first-order chi connectivity index (χ1) is 16.5. The highest BCUT2D eigenvalue weighted by atomic mass is 16.1. The zero-order chi connectivity index (χ0) is 23.9. The van der Waals surface area contributed by atoms with Gasteiger partial charge in [-0.15, -0.1) is 0 Å². The van der Waals surface area contributed by atoms with Crippen molar-refractivity contribution < 1.29 is 0 Å². The van der Waals surface area contributed by atoms with Gasteiger partial charge in [-0.1, -0.05) is 12.1 Å². The van der Waals surface area contributed by atoms with Crippen molar-refractivity contribution in [3.8, 4) is 5.69 Å². The normalized spacial score (nSPS) is 16.7. The van der Waals surface area contributed by atoms with Crippen LogP contribution in [0.25, 0.3) is 16.7 Å². The summed E-state index contributed by atoms with van der Waals surface area (Å²) >= 11 is 0. The zero-order valence-electron chi connectivity index (χ0n) is 19.5. The smallest absolute Gasteiger partial charge is 0.354 e. The number of hydrogen-bond acceptors (Lipinski definition) is 6. The van der Waals surface area contributed by atoms with E-state index in [1.165, 1.54) is 0 Å². The SMILES string of the molecule is N=C(N)NCCCNCc1ccc(-n2cc3cc(CCN4CCC[C@@H](N)C4)[nH]c3nc2=O)cc1. The summed E-state index contributed by atoms with van der Waals surface area (Å²) in [6, 6.07) is 10.3. The average molecular weight is 466 g/mol. The Bertz CT molecular complexity index is 1150. The third-order valence-electron chi connectivity index (χ3n) is 6.19. The molecule has 0 spiro atoms. The molecule has 0 bridgehead atoms. The zero-order valence-corrected chi connectivity index (χ0v) is 19.5. The van der Waals surface area contributed by atoms with Gasteiger partial charge < -0.3 is 32.0 Å². The number of fused-ring (bicyclic) bond motifs is 1. The second kappa shape index (κ2) is 11.3. The molecule has 0 unspecified atom stereocenters. The molecule has 0 radical (unpaired) electrons. The summed E-state index contributed by atoms with van der Waals surface area (Å²) in [5.74, 6) is -0.00275. The predicted octanol–water partition coefficient (Wildman–Crippen LogP) is 0.642. The molecule has 1 aromatic carbocycles. The number of H-pyrrole nitrogens is 1. The van der Waals surface area contributed by atoms with Gasteiger partial charge in [-0.2, -0.15) is 4.98 Å². The van der Waals surface area contributed by atoms with Crippen LogP contribution in [0, 0.1) is 5.41 Å². The lowest BCUT2D eigenvalue weighted by Crippen LogP contribution is -2.43. The van der Waals surface area contributed by atoms with Crippen LogP contribution in [-0.2, 0) is 13.0 Å². The van der Waals surface area contributed by atoms with Crippen LogP contribution >= 0.6 is 0 Å². The van der Waals surface area contributed by atoms with Crippen LogP contribution < -0.4 is 27.8 Å². The maximum atomic E-state index is 12.7. The molecular formula is C24H35N9O. The molecule has 1 saturated heterocycles. The fourth-order valence-electron chi connectivity index (χ4n) is 4.39. The Morgan fingerprint density at radius 2 is 2.09 bits per heavy atom. The molecule has 8 N–H and O–H groups in total. The number of likely N-dealkylation sites (tertiary alicyclic amines) is 1. The van der Waals surface area contributed by atoms with Gasteiger partial charge in [-0.3, -0.25) is 9.98 Å². The van der Waals surface area contributed by atoms with Crippen molar-refractivity contribution in [3.63, 3.8) is 0 Å². The second-order valence-corrected chi connectivity index (χ2v) is 8.98. The van der Waals surface area contributed by atoms with Crippen LogP contribution in [0.1, 0.15) is 30.5 Å². The quantitative estimate of drug-likeness (QED) is 0.146. The molecule has 10 nitrogen and oxygen atoms in total. The molecule has 0 amide bonds. The van der Waals surface area contributed by atoms with E-state index in [-0.39, 0.29) is 17.7 Å². The Morgan fingerprint density at radius 1 is 1.26 bits per heavy atom. The summed E-state index contributed by atoms with van der Waals surface area (Å²) in [6.07, 6.45) is 5.88. The van der Waals surface area contributed by atoms with Crippen molar-refractivity contribution in [3.05, 3.63) is 58.3 Å². The Hall–Kier alpha value is -3.21. The molecule has 1 atom stereocenters. The van der Waals surface area contributed by atoms with E-state index in [0.717, 1.165) is 80.7 Å². The van der Waals surface area contributed by atoms with Crippen LogP contribution in [0.5, 0.6) is 0 Å². The summed E-state index contributed by atoms with van der Waals surface area (Å²) in [6.45, 7) is 5.23. The molecule has 1 aliphatic heterocycles. The number of rotatable bonds is 10. The standard InChI is InChI=1S/C24H35N9O/c25-19-3-1-11-32(16-19)12-8-20-13-18-15-33(24(34)31-22(18)30-20)21-6-4-17(5-7-21)14-28-9-2-10-29-23(26)27/h4-7,13,15,19,28H,1-3,8-12,14,16,25H2,(H4,26,27,29)(H,30,31,34)/t19-/m1/s1. The number of nitrogens with one attached hydrogen (secondary N) is 4. The van der Waals surface area contributed by atoms with Gasteiger partial charge in [0.25, 0.3) is 0 Å². The van der Waals surface area contributed by atoms with E-state index < -0.39 is 0 Å². The number of aromatic amines is 1. The summed E-state index contributed by atoms with van der Waals surface area (Å²) < 4.78 is 1.59. The molecule has 3 heterocycles.